The molecule has 1 atom stereocenters. The fraction of sp³-hybridized carbons (Fsp3) is 0.889. The number of hydrogen-bond acceptors (Lipinski definition) is 6. The molecule has 406 valence electrons. The van der Waals surface area contributed by atoms with E-state index >= 15 is 0 Å². The maximum absolute atomic E-state index is 12.9. The summed E-state index contributed by atoms with van der Waals surface area (Å²) < 4.78 is 16.9. The summed E-state index contributed by atoms with van der Waals surface area (Å²) in [6.45, 7) is 6.68. The zero-order valence-corrected chi connectivity index (χ0v) is 46.6. The van der Waals surface area contributed by atoms with Crippen LogP contribution in [0.5, 0.6) is 0 Å². The van der Waals surface area contributed by atoms with E-state index in [2.05, 4.69) is 45.1 Å². The molecule has 0 aromatic carbocycles. The van der Waals surface area contributed by atoms with Crippen LogP contribution in [0.25, 0.3) is 0 Å². The number of rotatable bonds is 57. The minimum Gasteiger partial charge on any atom is -0.462 e. The van der Waals surface area contributed by atoms with Gasteiger partial charge in [0.05, 0.1) is 0 Å². The highest BCUT2D eigenvalue weighted by atomic mass is 16.6. The van der Waals surface area contributed by atoms with Crippen molar-refractivity contribution in [2.24, 2.45) is 0 Å². The number of esters is 3. The molecule has 6 nitrogen and oxygen atoms in total. The topological polar surface area (TPSA) is 78.9 Å². The van der Waals surface area contributed by atoms with Crippen LogP contribution in [-0.2, 0) is 28.6 Å². The van der Waals surface area contributed by atoms with Crippen LogP contribution in [0, 0.1) is 0 Å². The summed E-state index contributed by atoms with van der Waals surface area (Å²) in [5.41, 5.74) is 0. The van der Waals surface area contributed by atoms with E-state index in [0.717, 1.165) is 70.6 Å². The molecule has 0 aromatic heterocycles. The van der Waals surface area contributed by atoms with Gasteiger partial charge in [-0.2, -0.15) is 0 Å². The highest BCUT2D eigenvalue weighted by Crippen LogP contribution is 2.18. The van der Waals surface area contributed by atoms with Crippen molar-refractivity contribution in [1.29, 1.82) is 0 Å². The minimum absolute atomic E-state index is 0.0676. The second kappa shape index (κ2) is 58.5. The van der Waals surface area contributed by atoms with Crippen molar-refractivity contribution in [2.45, 2.75) is 348 Å². The molecule has 0 aliphatic carbocycles. The SMILES string of the molecule is CCCCC/C=C\C/C=C\CCCCCCCCCC(=O)OC[C@@H](COC(=O)CCCCCCCCCCCCCCCCCCC)OC(=O)CCCCCCCCCCCCCCCCCCC. The summed E-state index contributed by atoms with van der Waals surface area (Å²) in [6.07, 6.45) is 68.8. The summed E-state index contributed by atoms with van der Waals surface area (Å²) in [4.78, 5) is 38.3. The number of hydrogen-bond donors (Lipinski definition) is 0. The number of ether oxygens (including phenoxy) is 3. The van der Waals surface area contributed by atoms with Gasteiger partial charge in [0.2, 0.25) is 0 Å². The zero-order valence-electron chi connectivity index (χ0n) is 46.6. The van der Waals surface area contributed by atoms with Crippen molar-refractivity contribution in [1.82, 2.24) is 0 Å². The van der Waals surface area contributed by atoms with E-state index in [1.165, 1.54) is 231 Å². The molecule has 0 aliphatic heterocycles. The van der Waals surface area contributed by atoms with Crippen LogP contribution in [0.15, 0.2) is 24.3 Å². The Labute approximate surface area is 430 Å². The Bertz CT molecular complexity index is 1110. The van der Waals surface area contributed by atoms with Crippen LogP contribution in [0.4, 0.5) is 0 Å². The standard InChI is InChI=1S/C63H118O6/c1-4-7-10-13-16-19-22-25-28-31-34-37-40-43-46-49-52-55-61(64)67-58-60(69-63(66)57-54-51-48-45-42-39-36-33-30-27-24-21-18-15-12-9-6-3)59-68-62(65)56-53-50-47-44-41-38-35-32-29-26-23-20-17-14-11-8-5-2/h16,19,25,28,60H,4-15,17-18,20-24,26-27,29-59H2,1-3H3/b19-16-,28-25-/t60-/m0/s1. The van der Waals surface area contributed by atoms with Gasteiger partial charge < -0.3 is 14.2 Å². The predicted molar refractivity (Wildman–Crippen MR) is 298 cm³/mol. The van der Waals surface area contributed by atoms with Crippen LogP contribution < -0.4 is 0 Å². The first-order valence-electron chi connectivity index (χ1n) is 30.8. The zero-order chi connectivity index (χ0) is 50.0. The Morgan fingerprint density at radius 3 is 0.826 bits per heavy atom. The molecule has 0 aliphatic rings. The molecule has 0 aromatic rings. The Hall–Kier alpha value is -2.11. The average molecular weight is 972 g/mol. The summed E-state index contributed by atoms with van der Waals surface area (Å²) in [7, 11) is 0. The largest absolute Gasteiger partial charge is 0.462 e. The number of unbranched alkanes of at least 4 members (excludes halogenated alkanes) is 42. The molecule has 0 fully saturated rings. The molecule has 0 radical (unpaired) electrons. The first kappa shape index (κ1) is 66.9. The van der Waals surface area contributed by atoms with Crippen molar-refractivity contribution in [3.63, 3.8) is 0 Å². The second-order valence-corrected chi connectivity index (χ2v) is 21.0. The minimum atomic E-state index is -0.770. The lowest BCUT2D eigenvalue weighted by atomic mass is 10.0. The lowest BCUT2D eigenvalue weighted by molar-refractivity contribution is -0.167. The van der Waals surface area contributed by atoms with Gasteiger partial charge >= 0.3 is 17.9 Å². The van der Waals surface area contributed by atoms with Crippen molar-refractivity contribution in [3.05, 3.63) is 24.3 Å². The van der Waals surface area contributed by atoms with Crippen molar-refractivity contribution in [2.75, 3.05) is 13.2 Å². The molecule has 0 unspecified atom stereocenters. The highest BCUT2D eigenvalue weighted by molar-refractivity contribution is 5.71. The third kappa shape index (κ3) is 56.7. The predicted octanol–water partition coefficient (Wildman–Crippen LogP) is 20.7. The summed E-state index contributed by atoms with van der Waals surface area (Å²) in [5.74, 6) is -0.849. The van der Waals surface area contributed by atoms with Gasteiger partial charge in [-0.3, -0.25) is 14.4 Å². The van der Waals surface area contributed by atoms with E-state index in [1.54, 1.807) is 0 Å². The third-order valence-corrected chi connectivity index (χ3v) is 14.0. The number of allylic oxidation sites excluding steroid dienone is 4. The maximum Gasteiger partial charge on any atom is 0.306 e. The van der Waals surface area contributed by atoms with E-state index in [1.807, 2.05) is 0 Å². The van der Waals surface area contributed by atoms with E-state index in [4.69, 9.17) is 14.2 Å². The lowest BCUT2D eigenvalue weighted by Crippen LogP contribution is -2.30. The fourth-order valence-electron chi connectivity index (χ4n) is 9.30. The normalized spacial score (nSPS) is 12.1. The molecule has 0 rings (SSSR count). The van der Waals surface area contributed by atoms with Gasteiger partial charge in [-0.05, 0) is 51.4 Å². The molecule has 0 amide bonds. The van der Waals surface area contributed by atoms with E-state index < -0.39 is 6.10 Å². The van der Waals surface area contributed by atoms with Crippen LogP contribution in [0.2, 0.25) is 0 Å². The van der Waals surface area contributed by atoms with Gasteiger partial charge in [0.15, 0.2) is 6.10 Å². The first-order valence-corrected chi connectivity index (χ1v) is 30.8. The Kier molecular flexibility index (Phi) is 56.7. The van der Waals surface area contributed by atoms with Crippen molar-refractivity contribution >= 4 is 17.9 Å². The second-order valence-electron chi connectivity index (χ2n) is 21.0. The smallest absolute Gasteiger partial charge is 0.306 e. The molecule has 0 heterocycles. The summed E-state index contributed by atoms with van der Waals surface area (Å²) in [6, 6.07) is 0. The Balaban J connectivity index is 4.33. The van der Waals surface area contributed by atoms with Gasteiger partial charge in [0, 0.05) is 19.3 Å². The van der Waals surface area contributed by atoms with Crippen LogP contribution in [0.1, 0.15) is 342 Å². The van der Waals surface area contributed by atoms with Crippen LogP contribution in [0.3, 0.4) is 0 Å². The molecule has 0 spiro atoms. The van der Waals surface area contributed by atoms with Gasteiger partial charge in [-0.15, -0.1) is 0 Å². The molecule has 0 N–H and O–H groups in total. The lowest BCUT2D eigenvalue weighted by Gasteiger charge is -2.18. The Morgan fingerprint density at radius 1 is 0.290 bits per heavy atom. The molecule has 0 bridgehead atoms. The van der Waals surface area contributed by atoms with Gasteiger partial charge in [0.25, 0.3) is 0 Å². The van der Waals surface area contributed by atoms with E-state index in [0.29, 0.717) is 19.3 Å². The first-order chi connectivity index (χ1) is 34.0. The Morgan fingerprint density at radius 2 is 0.522 bits per heavy atom. The van der Waals surface area contributed by atoms with Gasteiger partial charge in [-0.25, -0.2) is 0 Å². The van der Waals surface area contributed by atoms with E-state index in [9.17, 15) is 14.4 Å². The van der Waals surface area contributed by atoms with Crippen molar-refractivity contribution in [3.8, 4) is 0 Å². The van der Waals surface area contributed by atoms with Gasteiger partial charge in [-0.1, -0.05) is 295 Å². The highest BCUT2D eigenvalue weighted by Gasteiger charge is 2.19. The summed E-state index contributed by atoms with van der Waals surface area (Å²) in [5, 5.41) is 0. The third-order valence-electron chi connectivity index (χ3n) is 14.0. The van der Waals surface area contributed by atoms with Crippen molar-refractivity contribution < 1.29 is 28.6 Å². The monoisotopic (exact) mass is 971 g/mol. The fourth-order valence-corrected chi connectivity index (χ4v) is 9.30. The number of carbonyl (C=O) groups is 3. The average Bonchev–Trinajstić information content (AvgIpc) is 3.35. The number of carbonyl (C=O) groups excluding carboxylic acids is 3. The van der Waals surface area contributed by atoms with Gasteiger partial charge in [0.1, 0.15) is 13.2 Å². The van der Waals surface area contributed by atoms with E-state index in [-0.39, 0.29) is 31.1 Å². The van der Waals surface area contributed by atoms with Crippen LogP contribution >= 0.6 is 0 Å². The molecular weight excluding hydrogens is 853 g/mol. The maximum atomic E-state index is 12.9. The molecule has 6 heteroatoms. The molecule has 0 saturated carbocycles. The summed E-state index contributed by atoms with van der Waals surface area (Å²) >= 11 is 0. The quantitative estimate of drug-likeness (QED) is 0.0261. The molecule has 0 saturated heterocycles. The molecular formula is C63H118O6. The molecule has 69 heavy (non-hydrogen) atoms. The van der Waals surface area contributed by atoms with Crippen LogP contribution in [-0.4, -0.2) is 37.2 Å².